The Morgan fingerprint density at radius 1 is 0.689 bits per heavy atom. The third kappa shape index (κ3) is 8.29. The van der Waals surface area contributed by atoms with Gasteiger partial charge in [-0.3, -0.25) is 33.9 Å². The van der Waals surface area contributed by atoms with Gasteiger partial charge >= 0.3 is 0 Å². The lowest BCUT2D eigenvalue weighted by Crippen LogP contribution is -2.23. The van der Waals surface area contributed by atoms with Gasteiger partial charge in [0.2, 0.25) is 11.6 Å². The summed E-state index contributed by atoms with van der Waals surface area (Å²) >= 11 is 6.69. The van der Waals surface area contributed by atoms with Crippen LogP contribution >= 0.6 is 31.9 Å². The second kappa shape index (κ2) is 15.4. The summed E-state index contributed by atoms with van der Waals surface area (Å²) in [7, 11) is 0. The van der Waals surface area contributed by atoms with Gasteiger partial charge in [0.25, 0.3) is 6.47 Å². The number of halogens is 2. The van der Waals surface area contributed by atoms with Crippen molar-refractivity contribution >= 4 is 61.5 Å². The molecule has 0 amide bonds. The Hall–Kier alpha value is -4.67. The minimum atomic E-state index is -0.157. The maximum atomic E-state index is 12.6. The van der Waals surface area contributed by atoms with Crippen LogP contribution in [0.4, 0.5) is 0 Å². The average molecular weight is 730 g/mol. The molecule has 0 unspecified atom stereocenters. The highest BCUT2D eigenvalue weighted by Crippen LogP contribution is 2.27. The Labute approximate surface area is 276 Å². The molecule has 0 spiro atoms. The molecule has 0 fully saturated rings. The van der Waals surface area contributed by atoms with E-state index in [-0.39, 0.29) is 34.5 Å². The minimum Gasteiger partial charge on any atom is -0.463 e. The van der Waals surface area contributed by atoms with Crippen molar-refractivity contribution in [2.75, 3.05) is 0 Å². The molecule has 0 radical (unpaired) electrons. The highest BCUT2D eigenvalue weighted by Gasteiger charge is 2.30. The summed E-state index contributed by atoms with van der Waals surface area (Å²) in [6.45, 7) is 4.11. The number of fused-ring (bicyclic) bond motifs is 2. The van der Waals surface area contributed by atoms with E-state index in [0.717, 1.165) is 20.1 Å². The van der Waals surface area contributed by atoms with Gasteiger partial charge in [0.1, 0.15) is 18.0 Å². The molecular weight excluding hydrogens is 704 g/mol. The first-order valence-corrected chi connectivity index (χ1v) is 15.2. The standard InChI is InChI=1S/C17H12BrNO2.C10H7NO2.C8H7BrO2/c1-10-14(9-11-4-6-12(18)7-5-11)17(21)13-3-2-8-19-15(13)16(10)20;1-6-5-8(12)7-3-2-4-11-9(7)10(6)13;9-8-3-1-7(2-4-8)5-11-6-10/h2-8H,9H2,1H3;2-5H,1H3;1-4,6H,5H2. The Morgan fingerprint density at radius 2 is 1.22 bits per heavy atom. The number of carbonyl (C=O) groups is 5. The van der Waals surface area contributed by atoms with Crippen molar-refractivity contribution in [2.24, 2.45) is 0 Å². The number of nitrogens with zero attached hydrogens (tertiary/aromatic N) is 2. The van der Waals surface area contributed by atoms with Crippen molar-refractivity contribution in [3.8, 4) is 0 Å². The molecule has 0 saturated carbocycles. The predicted octanol–water partition coefficient (Wildman–Crippen LogP) is 7.31. The van der Waals surface area contributed by atoms with E-state index in [1.54, 1.807) is 38.1 Å². The van der Waals surface area contributed by atoms with Gasteiger partial charge in [0.05, 0.1) is 11.1 Å². The molecule has 2 aromatic carbocycles. The zero-order chi connectivity index (χ0) is 32.5. The van der Waals surface area contributed by atoms with Crippen molar-refractivity contribution in [3.63, 3.8) is 0 Å². The number of ketones is 4. The Balaban J connectivity index is 0.000000165. The molecule has 8 nitrogen and oxygen atoms in total. The zero-order valence-electron chi connectivity index (χ0n) is 24.3. The highest BCUT2D eigenvalue weighted by molar-refractivity contribution is 9.10. The van der Waals surface area contributed by atoms with Gasteiger partial charge in [0, 0.05) is 44.5 Å². The molecule has 0 atom stereocenters. The van der Waals surface area contributed by atoms with E-state index in [1.165, 1.54) is 18.5 Å². The van der Waals surface area contributed by atoms with Crippen LogP contribution in [0.2, 0.25) is 0 Å². The number of aromatic nitrogens is 2. The van der Waals surface area contributed by atoms with Crippen LogP contribution in [0.3, 0.4) is 0 Å². The number of hydrogen-bond donors (Lipinski definition) is 0. The van der Waals surface area contributed by atoms with Crippen LogP contribution in [0.25, 0.3) is 0 Å². The number of benzene rings is 2. The van der Waals surface area contributed by atoms with Crippen LogP contribution in [0, 0.1) is 0 Å². The second-order valence-corrected chi connectivity index (χ2v) is 11.7. The number of Topliss-reactive ketones (excluding diaryl/α,β-unsaturated/α-hetero) is 3. The molecule has 0 saturated heterocycles. The number of carbonyl (C=O) groups excluding carboxylic acids is 5. The summed E-state index contributed by atoms with van der Waals surface area (Å²) in [6, 6.07) is 22.0. The average Bonchev–Trinajstić information content (AvgIpc) is 3.06. The quantitative estimate of drug-likeness (QED) is 0.196. The summed E-state index contributed by atoms with van der Waals surface area (Å²) in [5, 5.41) is 0. The molecule has 45 heavy (non-hydrogen) atoms. The Kier molecular flexibility index (Phi) is 11.3. The fraction of sp³-hybridized carbons (Fsp3) is 0.114. The van der Waals surface area contributed by atoms with E-state index < -0.39 is 0 Å². The Bertz CT molecular complexity index is 1840. The largest absolute Gasteiger partial charge is 0.463 e. The van der Waals surface area contributed by atoms with E-state index in [2.05, 4.69) is 46.6 Å². The van der Waals surface area contributed by atoms with E-state index in [4.69, 9.17) is 0 Å². The lowest BCUT2D eigenvalue weighted by molar-refractivity contribution is -0.129. The molecule has 0 bridgehead atoms. The number of ether oxygens (including phenoxy) is 1. The van der Waals surface area contributed by atoms with Crippen molar-refractivity contribution in [2.45, 2.75) is 26.9 Å². The first kappa shape index (κ1) is 33.2. The molecule has 2 aliphatic rings. The third-order valence-electron chi connectivity index (χ3n) is 6.85. The molecular formula is C35H26Br2N2O6. The lowest BCUT2D eigenvalue weighted by Gasteiger charge is -2.18. The van der Waals surface area contributed by atoms with Gasteiger partial charge in [-0.1, -0.05) is 56.1 Å². The van der Waals surface area contributed by atoms with Crippen LogP contribution in [-0.2, 0) is 22.6 Å². The molecule has 6 rings (SSSR count). The monoisotopic (exact) mass is 728 g/mol. The van der Waals surface area contributed by atoms with Crippen molar-refractivity contribution in [1.82, 2.24) is 9.97 Å². The molecule has 2 aliphatic carbocycles. The molecule has 226 valence electrons. The zero-order valence-corrected chi connectivity index (χ0v) is 27.4. The summed E-state index contributed by atoms with van der Waals surface area (Å²) in [5.41, 5.74) is 4.83. The summed E-state index contributed by atoms with van der Waals surface area (Å²) in [5.74, 6) is -0.550. The van der Waals surface area contributed by atoms with Crippen LogP contribution in [0.5, 0.6) is 0 Å². The van der Waals surface area contributed by atoms with E-state index >= 15 is 0 Å². The van der Waals surface area contributed by atoms with Crippen LogP contribution in [0.15, 0.2) is 117 Å². The number of hydrogen-bond acceptors (Lipinski definition) is 8. The first-order valence-electron chi connectivity index (χ1n) is 13.6. The van der Waals surface area contributed by atoms with Gasteiger partial charge in [-0.2, -0.15) is 0 Å². The van der Waals surface area contributed by atoms with Gasteiger partial charge in [-0.05, 0) is 79.6 Å². The minimum absolute atomic E-state index is 0.0990. The SMILES string of the molecule is CC1=C(Cc2ccc(Br)cc2)C(=O)c2cccnc2C1=O.CC1=CC(=O)c2cccnc2C1=O.O=COCc1ccc(Br)cc1. The van der Waals surface area contributed by atoms with Crippen molar-refractivity contribution in [1.29, 1.82) is 0 Å². The summed E-state index contributed by atoms with van der Waals surface area (Å²) in [4.78, 5) is 65.5. The predicted molar refractivity (Wildman–Crippen MR) is 175 cm³/mol. The summed E-state index contributed by atoms with van der Waals surface area (Å²) < 4.78 is 6.57. The number of pyridine rings is 2. The maximum absolute atomic E-state index is 12.6. The molecule has 0 aliphatic heterocycles. The van der Waals surface area contributed by atoms with E-state index in [1.807, 2.05) is 48.5 Å². The molecule has 2 aromatic heterocycles. The Morgan fingerprint density at radius 3 is 1.80 bits per heavy atom. The fourth-order valence-corrected chi connectivity index (χ4v) is 4.99. The lowest BCUT2D eigenvalue weighted by atomic mass is 9.85. The van der Waals surface area contributed by atoms with Gasteiger partial charge in [0.15, 0.2) is 11.6 Å². The normalized spacial score (nSPS) is 13.4. The molecule has 2 heterocycles. The fourth-order valence-electron chi connectivity index (χ4n) is 4.46. The van der Waals surface area contributed by atoms with Crippen molar-refractivity contribution < 1.29 is 28.7 Å². The van der Waals surface area contributed by atoms with Crippen LogP contribution < -0.4 is 0 Å². The van der Waals surface area contributed by atoms with Crippen LogP contribution in [0.1, 0.15) is 66.7 Å². The molecule has 4 aromatic rings. The third-order valence-corrected chi connectivity index (χ3v) is 7.91. The maximum Gasteiger partial charge on any atom is 0.293 e. The first-order chi connectivity index (χ1) is 21.6. The molecule has 10 heteroatoms. The van der Waals surface area contributed by atoms with Crippen LogP contribution in [-0.4, -0.2) is 39.6 Å². The van der Waals surface area contributed by atoms with Gasteiger partial charge in [-0.15, -0.1) is 0 Å². The van der Waals surface area contributed by atoms with Gasteiger partial charge < -0.3 is 4.74 Å². The topological polar surface area (TPSA) is 120 Å². The van der Waals surface area contributed by atoms with E-state index in [0.29, 0.717) is 47.3 Å². The second-order valence-electron chi connectivity index (χ2n) is 9.92. The van der Waals surface area contributed by atoms with Gasteiger partial charge in [-0.25, -0.2) is 0 Å². The summed E-state index contributed by atoms with van der Waals surface area (Å²) in [6.07, 6.45) is 4.87. The van der Waals surface area contributed by atoms with E-state index in [9.17, 15) is 24.0 Å². The highest BCUT2D eigenvalue weighted by atomic mass is 79.9. The number of allylic oxidation sites excluding steroid dienone is 4. The smallest absolute Gasteiger partial charge is 0.293 e. The molecule has 0 N–H and O–H groups in total. The van der Waals surface area contributed by atoms with Crippen molar-refractivity contribution in [3.05, 3.63) is 151 Å². The number of rotatable bonds is 5.